The number of hydrogen-bond donors (Lipinski definition) is 7. The van der Waals surface area contributed by atoms with Gasteiger partial charge in [0.1, 0.15) is 55.4 Å². The highest BCUT2D eigenvalue weighted by molar-refractivity contribution is 5.70. The van der Waals surface area contributed by atoms with Crippen molar-refractivity contribution in [3.05, 3.63) is 60.8 Å². The highest BCUT2D eigenvalue weighted by Gasteiger charge is 2.47. The second kappa shape index (κ2) is 39.0. The molecule has 2 rings (SSSR count). The van der Waals surface area contributed by atoms with Crippen molar-refractivity contribution in [1.82, 2.24) is 0 Å². The number of allylic oxidation sites excluding steroid dienone is 10. The normalized spacial score (nSPS) is 26.5. The molecule has 0 amide bonds. The minimum atomic E-state index is -1.78. The summed E-state index contributed by atoms with van der Waals surface area (Å²) in [6, 6.07) is 0. The highest BCUT2D eigenvalue weighted by atomic mass is 16.7. The zero-order valence-corrected chi connectivity index (χ0v) is 40.6. The summed E-state index contributed by atoms with van der Waals surface area (Å²) in [7, 11) is 0. The first-order chi connectivity index (χ1) is 32.5. The lowest BCUT2D eigenvalue weighted by Crippen LogP contribution is -2.61. The fraction of sp³-hybridized carbons (Fsp3) is 0.769. The van der Waals surface area contributed by atoms with Crippen LogP contribution < -0.4 is 0 Å². The van der Waals surface area contributed by atoms with Crippen LogP contribution in [-0.4, -0.2) is 142 Å². The summed E-state index contributed by atoms with van der Waals surface area (Å²) in [5.41, 5.74) is 0. The van der Waals surface area contributed by atoms with Crippen molar-refractivity contribution < 1.29 is 73.8 Å². The number of carbonyl (C=O) groups is 2. The number of aliphatic hydroxyl groups excluding tert-OH is 7. The first kappa shape index (κ1) is 60.3. The number of ether oxygens (including phenoxy) is 6. The third-order valence-electron chi connectivity index (χ3n) is 11.7. The molecule has 0 spiro atoms. The molecule has 15 heteroatoms. The number of esters is 2. The van der Waals surface area contributed by atoms with Crippen LogP contribution in [0.4, 0.5) is 0 Å². The van der Waals surface area contributed by atoms with Crippen molar-refractivity contribution in [2.24, 2.45) is 0 Å². The van der Waals surface area contributed by atoms with E-state index in [-0.39, 0.29) is 19.4 Å². The molecule has 386 valence electrons. The van der Waals surface area contributed by atoms with Gasteiger partial charge in [0.05, 0.1) is 19.8 Å². The molecule has 0 aliphatic carbocycles. The van der Waals surface area contributed by atoms with Gasteiger partial charge >= 0.3 is 11.9 Å². The largest absolute Gasteiger partial charge is 0.462 e. The Hall–Kier alpha value is -2.80. The Morgan fingerprint density at radius 2 is 0.970 bits per heavy atom. The van der Waals surface area contributed by atoms with Crippen LogP contribution in [-0.2, 0) is 38.0 Å². The Bertz CT molecular complexity index is 1400. The molecule has 0 radical (unpaired) electrons. The van der Waals surface area contributed by atoms with E-state index >= 15 is 0 Å². The second-order valence-corrected chi connectivity index (χ2v) is 17.6. The SMILES string of the molecule is CC/C=C\C/C=C\C/C=C\C/C=C\CCC(=O)OC(COC(=O)CCCCCCCCC/C=C\CCCCCCCCC)COC1OC(COC2OC(CO)C(O)C(O)C2O)C(O)C(O)C1O. The maximum atomic E-state index is 12.9. The topological polar surface area (TPSA) is 231 Å². The average molecular weight is 953 g/mol. The standard InChI is InChI=1S/C52H88O15/c1-3-5-7-9-11-13-15-17-18-19-20-21-23-24-26-28-30-32-34-43(54)62-37-40(65-44(55)35-33-31-29-27-25-22-16-14-12-10-8-6-4-2)38-63-51-50(61)48(59)46(57)42(67-51)39-64-52-49(60)47(58)45(56)41(36-53)66-52/h6,8,12,14,18-19,22,25,29,31,40-42,45-53,56-61H,3-5,7,9-11,13,15-17,20-21,23-24,26-28,30,32-39H2,1-2H3/b8-6-,14-12-,19-18-,25-22-,31-29-. The van der Waals surface area contributed by atoms with Crippen LogP contribution in [0.25, 0.3) is 0 Å². The molecule has 11 unspecified atom stereocenters. The van der Waals surface area contributed by atoms with Crippen LogP contribution in [0.2, 0.25) is 0 Å². The Balaban J connectivity index is 1.83. The fourth-order valence-electron chi connectivity index (χ4n) is 7.58. The minimum Gasteiger partial charge on any atom is -0.462 e. The third kappa shape index (κ3) is 27.3. The van der Waals surface area contributed by atoms with E-state index in [4.69, 9.17) is 28.4 Å². The molecule has 15 nitrogen and oxygen atoms in total. The molecule has 0 bridgehead atoms. The molecule has 0 aromatic carbocycles. The van der Waals surface area contributed by atoms with Gasteiger partial charge in [0.25, 0.3) is 0 Å². The number of aliphatic hydroxyl groups is 7. The smallest absolute Gasteiger partial charge is 0.306 e. The van der Waals surface area contributed by atoms with Gasteiger partial charge in [0, 0.05) is 12.8 Å². The van der Waals surface area contributed by atoms with Gasteiger partial charge in [0.15, 0.2) is 18.7 Å². The number of hydrogen-bond acceptors (Lipinski definition) is 15. The quantitative estimate of drug-likeness (QED) is 0.0190. The average Bonchev–Trinajstić information content (AvgIpc) is 3.32. The van der Waals surface area contributed by atoms with Gasteiger partial charge < -0.3 is 64.2 Å². The van der Waals surface area contributed by atoms with Crippen molar-refractivity contribution in [2.45, 2.75) is 229 Å². The molecule has 2 fully saturated rings. The summed E-state index contributed by atoms with van der Waals surface area (Å²) in [5.74, 6) is -1.03. The minimum absolute atomic E-state index is 0.0412. The molecule has 2 aliphatic rings. The van der Waals surface area contributed by atoms with Crippen LogP contribution in [0.1, 0.15) is 162 Å². The van der Waals surface area contributed by atoms with Gasteiger partial charge in [-0.25, -0.2) is 0 Å². The van der Waals surface area contributed by atoms with Gasteiger partial charge in [-0.3, -0.25) is 9.59 Å². The second-order valence-electron chi connectivity index (χ2n) is 17.6. The molecular formula is C52H88O15. The van der Waals surface area contributed by atoms with E-state index in [2.05, 4.69) is 56.4 Å². The zero-order chi connectivity index (χ0) is 48.9. The summed E-state index contributed by atoms with van der Waals surface area (Å²) in [6.45, 7) is 2.38. The van der Waals surface area contributed by atoms with Gasteiger partial charge in [-0.2, -0.15) is 0 Å². The number of unbranched alkanes of at least 4 members (excludes halogenated alkanes) is 14. The van der Waals surface area contributed by atoms with E-state index in [0.29, 0.717) is 19.3 Å². The summed E-state index contributed by atoms with van der Waals surface area (Å²) >= 11 is 0. The van der Waals surface area contributed by atoms with Gasteiger partial charge in [0.2, 0.25) is 0 Å². The molecule has 7 N–H and O–H groups in total. The number of rotatable bonds is 38. The Morgan fingerprint density at radius 1 is 0.493 bits per heavy atom. The molecular weight excluding hydrogens is 865 g/mol. The molecule has 2 heterocycles. The van der Waals surface area contributed by atoms with Crippen molar-refractivity contribution >= 4 is 11.9 Å². The Kier molecular flexibility index (Phi) is 35.1. The molecule has 2 saturated heterocycles. The van der Waals surface area contributed by atoms with E-state index in [1.165, 1.54) is 64.2 Å². The summed E-state index contributed by atoms with van der Waals surface area (Å²) in [5, 5.41) is 72.0. The van der Waals surface area contributed by atoms with Crippen LogP contribution in [0.15, 0.2) is 60.8 Å². The zero-order valence-electron chi connectivity index (χ0n) is 40.6. The summed E-state index contributed by atoms with van der Waals surface area (Å²) < 4.78 is 33.4. The lowest BCUT2D eigenvalue weighted by Gasteiger charge is -2.42. The lowest BCUT2D eigenvalue weighted by atomic mass is 9.98. The predicted octanol–water partition coefficient (Wildman–Crippen LogP) is 6.88. The summed E-state index contributed by atoms with van der Waals surface area (Å²) in [6.07, 6.45) is 27.0. The van der Waals surface area contributed by atoms with Gasteiger partial charge in [-0.1, -0.05) is 145 Å². The Morgan fingerprint density at radius 3 is 1.54 bits per heavy atom. The van der Waals surface area contributed by atoms with E-state index < -0.39 is 99.3 Å². The van der Waals surface area contributed by atoms with Crippen molar-refractivity contribution in [2.75, 3.05) is 26.4 Å². The monoisotopic (exact) mass is 953 g/mol. The van der Waals surface area contributed by atoms with E-state index in [1.54, 1.807) is 0 Å². The maximum Gasteiger partial charge on any atom is 0.306 e. The maximum absolute atomic E-state index is 12.9. The van der Waals surface area contributed by atoms with Crippen LogP contribution in [0, 0.1) is 0 Å². The summed E-state index contributed by atoms with van der Waals surface area (Å²) in [4.78, 5) is 25.7. The van der Waals surface area contributed by atoms with Crippen molar-refractivity contribution in [3.8, 4) is 0 Å². The molecule has 11 atom stereocenters. The van der Waals surface area contributed by atoms with Crippen molar-refractivity contribution in [3.63, 3.8) is 0 Å². The predicted molar refractivity (Wildman–Crippen MR) is 256 cm³/mol. The molecule has 0 aromatic rings. The van der Waals surface area contributed by atoms with Crippen LogP contribution in [0.3, 0.4) is 0 Å². The third-order valence-corrected chi connectivity index (χ3v) is 11.7. The molecule has 0 aromatic heterocycles. The lowest BCUT2D eigenvalue weighted by molar-refractivity contribution is -0.332. The van der Waals surface area contributed by atoms with Crippen LogP contribution >= 0.6 is 0 Å². The van der Waals surface area contributed by atoms with E-state index in [0.717, 1.165) is 51.4 Å². The van der Waals surface area contributed by atoms with E-state index in [1.807, 2.05) is 18.2 Å². The Labute approximate surface area is 400 Å². The van der Waals surface area contributed by atoms with Gasteiger partial charge in [-0.15, -0.1) is 0 Å². The first-order valence-electron chi connectivity index (χ1n) is 25.4. The highest BCUT2D eigenvalue weighted by Crippen LogP contribution is 2.26. The van der Waals surface area contributed by atoms with Gasteiger partial charge in [-0.05, 0) is 64.2 Å². The van der Waals surface area contributed by atoms with Crippen LogP contribution in [0.5, 0.6) is 0 Å². The first-order valence-corrected chi connectivity index (χ1v) is 25.4. The van der Waals surface area contributed by atoms with Crippen molar-refractivity contribution in [1.29, 1.82) is 0 Å². The van der Waals surface area contributed by atoms with E-state index in [9.17, 15) is 45.3 Å². The molecule has 2 aliphatic heterocycles. The molecule has 67 heavy (non-hydrogen) atoms. The fourth-order valence-corrected chi connectivity index (χ4v) is 7.58. The molecule has 0 saturated carbocycles. The number of carbonyl (C=O) groups excluding carboxylic acids is 2.